The molecule has 0 atom stereocenters. The zero-order chi connectivity index (χ0) is 31.7. The van der Waals surface area contributed by atoms with Gasteiger partial charge in [-0.3, -0.25) is 0 Å². The molecule has 0 unspecified atom stereocenters. The highest BCUT2D eigenvalue weighted by Crippen LogP contribution is 2.17. The number of rotatable bonds is 16. The van der Waals surface area contributed by atoms with E-state index in [1.54, 1.807) is 6.20 Å². The molecule has 0 aliphatic rings. The summed E-state index contributed by atoms with van der Waals surface area (Å²) < 4.78 is 6.15. The maximum atomic E-state index is 4.13. The quantitative estimate of drug-likeness (QED) is 0.0748. The van der Waals surface area contributed by atoms with Gasteiger partial charge in [-0.15, -0.1) is 0 Å². The van der Waals surface area contributed by atoms with E-state index in [0.717, 1.165) is 24.6 Å². The van der Waals surface area contributed by atoms with Crippen molar-refractivity contribution in [3.05, 3.63) is 146 Å². The SMILES string of the molecule is BrCCCc1cccc(-n2ccnc2)c1.c1cc(CCCCSCCCCc2cccc(-n3ccnc3)c2)cc(-n2ccnc2)c1. The molecule has 6 nitrogen and oxygen atoms in total. The summed E-state index contributed by atoms with van der Waals surface area (Å²) in [5.41, 5.74) is 7.77. The van der Waals surface area contributed by atoms with Crippen molar-refractivity contribution in [2.24, 2.45) is 0 Å². The van der Waals surface area contributed by atoms with Crippen LogP contribution in [0.5, 0.6) is 0 Å². The molecule has 6 aromatic rings. The summed E-state index contributed by atoms with van der Waals surface area (Å²) in [6, 6.07) is 26.1. The summed E-state index contributed by atoms with van der Waals surface area (Å²) in [5, 5.41) is 1.06. The predicted octanol–water partition coefficient (Wildman–Crippen LogP) is 9.34. The van der Waals surface area contributed by atoms with Gasteiger partial charge in [-0.1, -0.05) is 52.3 Å². The first-order chi connectivity index (χ1) is 22.8. The van der Waals surface area contributed by atoms with E-state index in [2.05, 4.69) is 125 Å². The minimum Gasteiger partial charge on any atom is -0.306 e. The van der Waals surface area contributed by atoms with E-state index in [4.69, 9.17) is 0 Å². The van der Waals surface area contributed by atoms with E-state index in [-0.39, 0.29) is 0 Å². The van der Waals surface area contributed by atoms with E-state index in [1.807, 2.05) is 54.5 Å². The Hall–Kier alpha value is -3.88. The maximum absolute atomic E-state index is 4.13. The smallest absolute Gasteiger partial charge is 0.0991 e. The van der Waals surface area contributed by atoms with Crippen LogP contribution in [0, 0.1) is 0 Å². The van der Waals surface area contributed by atoms with Crippen LogP contribution in [-0.2, 0) is 19.3 Å². The highest BCUT2D eigenvalue weighted by molar-refractivity contribution is 9.09. The van der Waals surface area contributed by atoms with E-state index >= 15 is 0 Å². The molecule has 0 fully saturated rings. The monoisotopic (exact) mass is 694 g/mol. The lowest BCUT2D eigenvalue weighted by Gasteiger charge is -2.07. The molecule has 0 N–H and O–H groups in total. The summed E-state index contributed by atoms with van der Waals surface area (Å²) in [6.45, 7) is 0. The largest absolute Gasteiger partial charge is 0.306 e. The molecule has 0 amide bonds. The second-order valence-electron chi connectivity index (χ2n) is 11.2. The Kier molecular flexibility index (Phi) is 13.8. The standard InChI is InChI=1S/C26H30N4S.C12H13BrN2/c1(7-23-9-5-11-25(19-23)29-15-13-27-21-29)3-17-31-18-4-2-8-24-10-6-12-26(20-24)30-16-14-28-22-30;13-6-2-4-11-3-1-5-12(9-11)15-8-7-14-10-15/h5-6,9-16,19-22H,1-4,7-8,17-18H2;1,3,5,7-10H,2,4,6H2. The highest BCUT2D eigenvalue weighted by atomic mass is 79.9. The fraction of sp³-hybridized carbons (Fsp3) is 0.289. The van der Waals surface area contributed by atoms with Gasteiger partial charge in [0.2, 0.25) is 0 Å². The fourth-order valence-electron chi connectivity index (χ4n) is 5.29. The molecule has 0 radical (unpaired) electrons. The van der Waals surface area contributed by atoms with E-state index in [1.165, 1.54) is 77.4 Å². The Bertz CT molecular complexity index is 1580. The van der Waals surface area contributed by atoms with E-state index in [9.17, 15) is 0 Å². The number of benzene rings is 3. The fourth-order valence-corrected chi connectivity index (χ4v) is 6.59. The van der Waals surface area contributed by atoms with E-state index < -0.39 is 0 Å². The van der Waals surface area contributed by atoms with Crippen LogP contribution in [0.25, 0.3) is 17.1 Å². The molecule has 0 spiro atoms. The zero-order valence-corrected chi connectivity index (χ0v) is 28.8. The Morgan fingerprint density at radius 2 is 0.891 bits per heavy atom. The average Bonchev–Trinajstić information content (AvgIpc) is 3.92. The second-order valence-corrected chi connectivity index (χ2v) is 13.3. The summed E-state index contributed by atoms with van der Waals surface area (Å²) in [7, 11) is 0. The first-order valence-electron chi connectivity index (χ1n) is 16.1. The minimum atomic E-state index is 1.06. The third kappa shape index (κ3) is 10.9. The molecule has 8 heteroatoms. The van der Waals surface area contributed by atoms with Gasteiger partial charge >= 0.3 is 0 Å². The molecule has 3 aromatic carbocycles. The van der Waals surface area contributed by atoms with Gasteiger partial charge in [0.15, 0.2) is 0 Å². The number of thioether (sulfide) groups is 1. The number of aryl methyl sites for hydroxylation is 3. The van der Waals surface area contributed by atoms with Crippen LogP contribution in [0.2, 0.25) is 0 Å². The van der Waals surface area contributed by atoms with Crippen molar-refractivity contribution in [1.29, 1.82) is 0 Å². The van der Waals surface area contributed by atoms with Crippen molar-refractivity contribution in [2.45, 2.75) is 51.4 Å². The van der Waals surface area contributed by atoms with Gasteiger partial charge in [0.05, 0.1) is 19.0 Å². The summed E-state index contributed by atoms with van der Waals surface area (Å²) in [6.07, 6.45) is 26.6. The number of hydrogen-bond acceptors (Lipinski definition) is 4. The molecule has 6 rings (SSSR count). The third-order valence-electron chi connectivity index (χ3n) is 7.75. The van der Waals surface area contributed by atoms with Crippen LogP contribution in [0.15, 0.2) is 129 Å². The topological polar surface area (TPSA) is 53.5 Å². The van der Waals surface area contributed by atoms with Crippen molar-refractivity contribution in [1.82, 2.24) is 28.7 Å². The van der Waals surface area contributed by atoms with Gasteiger partial charge < -0.3 is 13.7 Å². The predicted molar refractivity (Wildman–Crippen MR) is 196 cm³/mol. The van der Waals surface area contributed by atoms with Crippen molar-refractivity contribution in [3.63, 3.8) is 0 Å². The Balaban J connectivity index is 0.000000232. The van der Waals surface area contributed by atoms with Crippen LogP contribution in [0.3, 0.4) is 0 Å². The Morgan fingerprint density at radius 1 is 0.500 bits per heavy atom. The second kappa shape index (κ2) is 18.9. The lowest BCUT2D eigenvalue weighted by Crippen LogP contribution is -1.94. The number of nitrogens with zero attached hydrogens (tertiary/aromatic N) is 6. The number of halogens is 1. The molecule has 3 heterocycles. The summed E-state index contributed by atoms with van der Waals surface area (Å²) >= 11 is 5.55. The molecule has 238 valence electrons. The molecule has 0 aliphatic heterocycles. The molecule has 0 bridgehead atoms. The Labute approximate surface area is 286 Å². The lowest BCUT2D eigenvalue weighted by atomic mass is 10.1. The normalized spacial score (nSPS) is 10.9. The third-order valence-corrected chi connectivity index (χ3v) is 9.46. The van der Waals surface area contributed by atoms with Gasteiger partial charge in [-0.05, 0) is 116 Å². The van der Waals surface area contributed by atoms with E-state index in [0.29, 0.717) is 0 Å². The number of imidazole rings is 3. The molecular weight excluding hydrogens is 652 g/mol. The number of unbranched alkanes of at least 4 members (excludes halogenated alkanes) is 2. The van der Waals surface area contributed by atoms with Crippen LogP contribution < -0.4 is 0 Å². The molecule has 0 aliphatic carbocycles. The zero-order valence-electron chi connectivity index (χ0n) is 26.4. The molecule has 3 aromatic heterocycles. The van der Waals surface area contributed by atoms with Crippen LogP contribution >= 0.6 is 27.7 Å². The van der Waals surface area contributed by atoms with Gasteiger partial charge in [0.25, 0.3) is 0 Å². The molecule has 46 heavy (non-hydrogen) atoms. The minimum absolute atomic E-state index is 1.06. The number of hydrogen-bond donors (Lipinski definition) is 0. The molecular formula is C38H43BrN6S. The number of alkyl halides is 1. The van der Waals surface area contributed by atoms with Crippen LogP contribution in [0.4, 0.5) is 0 Å². The van der Waals surface area contributed by atoms with Gasteiger partial charge in [-0.25, -0.2) is 15.0 Å². The maximum Gasteiger partial charge on any atom is 0.0991 e. The van der Waals surface area contributed by atoms with Gasteiger partial charge in [-0.2, -0.15) is 11.8 Å². The average molecular weight is 696 g/mol. The first-order valence-corrected chi connectivity index (χ1v) is 18.4. The van der Waals surface area contributed by atoms with Gasteiger partial charge in [0.1, 0.15) is 0 Å². The highest BCUT2D eigenvalue weighted by Gasteiger charge is 2.01. The first kappa shape index (κ1) is 33.5. The van der Waals surface area contributed by atoms with Crippen LogP contribution in [0.1, 0.15) is 48.8 Å². The molecule has 0 saturated heterocycles. The van der Waals surface area contributed by atoms with Crippen molar-refractivity contribution in [3.8, 4) is 17.1 Å². The lowest BCUT2D eigenvalue weighted by molar-refractivity contribution is 0.790. The van der Waals surface area contributed by atoms with Crippen molar-refractivity contribution >= 4 is 27.7 Å². The summed E-state index contributed by atoms with van der Waals surface area (Å²) in [5.74, 6) is 2.52. The summed E-state index contributed by atoms with van der Waals surface area (Å²) in [4.78, 5) is 12.3. The van der Waals surface area contributed by atoms with Crippen molar-refractivity contribution < 1.29 is 0 Å². The van der Waals surface area contributed by atoms with Gasteiger partial charge in [0, 0.05) is 59.6 Å². The molecule has 0 saturated carbocycles. The number of aromatic nitrogens is 6. The Morgan fingerprint density at radius 3 is 1.24 bits per heavy atom. The van der Waals surface area contributed by atoms with Crippen molar-refractivity contribution in [2.75, 3.05) is 16.8 Å². The van der Waals surface area contributed by atoms with Crippen LogP contribution in [-0.4, -0.2) is 45.5 Å².